The van der Waals surface area contributed by atoms with Crippen LogP contribution in [0.1, 0.15) is 45.6 Å². The van der Waals surface area contributed by atoms with E-state index in [1.807, 2.05) is 30.3 Å². The van der Waals surface area contributed by atoms with Crippen LogP contribution >= 0.6 is 0 Å². The highest BCUT2D eigenvalue weighted by molar-refractivity contribution is 5.75. The van der Waals surface area contributed by atoms with Gasteiger partial charge in [-0.1, -0.05) is 48.9 Å². The molecule has 1 unspecified atom stereocenters. The molecule has 0 bridgehead atoms. The molecule has 0 radical (unpaired) electrons. The molecule has 0 saturated heterocycles. The highest BCUT2D eigenvalue weighted by Gasteiger charge is 2.15. The third-order valence-electron chi connectivity index (χ3n) is 3.67. The molecule has 0 aliphatic carbocycles. The first-order valence-corrected chi connectivity index (χ1v) is 8.08. The van der Waals surface area contributed by atoms with E-state index in [1.165, 1.54) is 5.57 Å². The van der Waals surface area contributed by atoms with Crippen molar-refractivity contribution in [2.75, 3.05) is 6.61 Å². The van der Waals surface area contributed by atoms with Gasteiger partial charge in [0, 0.05) is 0 Å². The summed E-state index contributed by atoms with van der Waals surface area (Å²) in [4.78, 5) is 11.9. The van der Waals surface area contributed by atoms with Crippen molar-refractivity contribution < 1.29 is 9.53 Å². The number of ether oxygens (including phenoxy) is 1. The van der Waals surface area contributed by atoms with Crippen molar-refractivity contribution in [1.82, 2.24) is 0 Å². The molecule has 1 rings (SSSR count). The van der Waals surface area contributed by atoms with Crippen molar-refractivity contribution in [2.24, 2.45) is 11.7 Å². The maximum Gasteiger partial charge on any atom is 0.323 e. The maximum atomic E-state index is 11.9. The molecular weight excluding hydrogens is 274 g/mol. The maximum absolute atomic E-state index is 11.9. The molecule has 0 aliphatic heterocycles. The Morgan fingerprint density at radius 1 is 1.23 bits per heavy atom. The summed E-state index contributed by atoms with van der Waals surface area (Å²) in [6, 6.07) is 9.20. The van der Waals surface area contributed by atoms with Gasteiger partial charge in [-0.2, -0.15) is 0 Å². The van der Waals surface area contributed by atoms with Gasteiger partial charge in [-0.05, 0) is 51.0 Å². The van der Waals surface area contributed by atoms with E-state index in [-0.39, 0.29) is 5.97 Å². The molecule has 3 nitrogen and oxygen atoms in total. The zero-order valence-electron chi connectivity index (χ0n) is 14.0. The van der Waals surface area contributed by atoms with Crippen molar-refractivity contribution in [1.29, 1.82) is 0 Å². The number of rotatable bonds is 9. The summed E-state index contributed by atoms with van der Waals surface area (Å²) >= 11 is 0. The monoisotopic (exact) mass is 303 g/mol. The van der Waals surface area contributed by atoms with Gasteiger partial charge in [-0.25, -0.2) is 0 Å². The predicted molar refractivity (Wildman–Crippen MR) is 91.5 cm³/mol. The average Bonchev–Trinajstić information content (AvgIpc) is 2.47. The fourth-order valence-electron chi connectivity index (χ4n) is 2.22. The fourth-order valence-corrected chi connectivity index (χ4v) is 2.22. The van der Waals surface area contributed by atoms with E-state index in [1.54, 1.807) is 0 Å². The van der Waals surface area contributed by atoms with E-state index in [2.05, 4.69) is 26.8 Å². The van der Waals surface area contributed by atoms with Crippen molar-refractivity contribution in [2.45, 2.75) is 52.5 Å². The second-order valence-corrected chi connectivity index (χ2v) is 6.22. The molecule has 122 valence electrons. The normalized spacial score (nSPS) is 13.3. The minimum absolute atomic E-state index is 0.305. The third kappa shape index (κ3) is 7.99. The van der Waals surface area contributed by atoms with Crippen LogP contribution in [-0.2, 0) is 16.0 Å². The zero-order chi connectivity index (χ0) is 16.4. The van der Waals surface area contributed by atoms with Gasteiger partial charge in [0.25, 0.3) is 0 Å². The lowest BCUT2D eigenvalue weighted by atomic mass is 10.0. The molecule has 1 aromatic carbocycles. The lowest BCUT2D eigenvalue weighted by Crippen LogP contribution is -2.34. The van der Waals surface area contributed by atoms with Gasteiger partial charge in [0.05, 0.1) is 6.61 Å². The Morgan fingerprint density at radius 3 is 2.55 bits per heavy atom. The van der Waals surface area contributed by atoms with Crippen LogP contribution in [0.25, 0.3) is 0 Å². The minimum atomic E-state index is -0.580. The van der Waals surface area contributed by atoms with E-state index >= 15 is 0 Å². The molecule has 0 aliphatic rings. The van der Waals surface area contributed by atoms with Crippen LogP contribution in [0, 0.1) is 5.92 Å². The molecule has 22 heavy (non-hydrogen) atoms. The van der Waals surface area contributed by atoms with Gasteiger partial charge in [0.15, 0.2) is 0 Å². The predicted octanol–water partition coefficient (Wildman–Crippen LogP) is 3.87. The summed E-state index contributed by atoms with van der Waals surface area (Å²) in [6.45, 7) is 6.87. The minimum Gasteiger partial charge on any atom is -0.465 e. The largest absolute Gasteiger partial charge is 0.465 e. The van der Waals surface area contributed by atoms with Crippen LogP contribution in [0.2, 0.25) is 0 Å². The van der Waals surface area contributed by atoms with Crippen LogP contribution in [-0.4, -0.2) is 18.6 Å². The topological polar surface area (TPSA) is 52.3 Å². The first-order chi connectivity index (χ1) is 10.5. The van der Waals surface area contributed by atoms with Crippen LogP contribution < -0.4 is 5.73 Å². The van der Waals surface area contributed by atoms with Crippen LogP contribution in [0.5, 0.6) is 0 Å². The Balaban J connectivity index is 2.21. The first kappa shape index (κ1) is 18.4. The SMILES string of the molecule is CC(C)=CCCC(C)CCOC(=O)[C@@H](N)Cc1ccccc1. The highest BCUT2D eigenvalue weighted by Crippen LogP contribution is 2.12. The second-order valence-electron chi connectivity index (χ2n) is 6.22. The number of esters is 1. The second kappa shape index (κ2) is 10.2. The molecule has 0 aromatic heterocycles. The molecule has 0 fully saturated rings. The summed E-state index contributed by atoms with van der Waals surface area (Å²) in [5.74, 6) is 0.245. The van der Waals surface area contributed by atoms with E-state index in [0.29, 0.717) is 18.9 Å². The van der Waals surface area contributed by atoms with E-state index < -0.39 is 6.04 Å². The smallest absolute Gasteiger partial charge is 0.323 e. The van der Waals surface area contributed by atoms with Crippen molar-refractivity contribution in [3.05, 3.63) is 47.5 Å². The van der Waals surface area contributed by atoms with Gasteiger partial charge >= 0.3 is 5.97 Å². The number of carbonyl (C=O) groups excluding carboxylic acids is 1. The average molecular weight is 303 g/mol. The molecule has 0 amide bonds. The first-order valence-electron chi connectivity index (χ1n) is 8.08. The standard InChI is InChI=1S/C19H29NO2/c1-15(2)8-7-9-16(3)12-13-22-19(21)18(20)14-17-10-5-4-6-11-17/h4-6,8,10-11,16,18H,7,9,12-14,20H2,1-3H3/t16?,18-/m0/s1. The summed E-state index contributed by atoms with van der Waals surface area (Å²) < 4.78 is 5.29. The van der Waals surface area contributed by atoms with Gasteiger partial charge in [0.1, 0.15) is 6.04 Å². The quantitative estimate of drug-likeness (QED) is 0.556. The van der Waals surface area contributed by atoms with Gasteiger partial charge in [0.2, 0.25) is 0 Å². The summed E-state index contributed by atoms with van der Waals surface area (Å²) in [5.41, 5.74) is 8.31. The molecule has 2 atom stereocenters. The van der Waals surface area contributed by atoms with E-state index in [4.69, 9.17) is 10.5 Å². The van der Waals surface area contributed by atoms with E-state index in [0.717, 1.165) is 24.8 Å². The number of carbonyl (C=O) groups is 1. The van der Waals surface area contributed by atoms with Crippen molar-refractivity contribution in [3.63, 3.8) is 0 Å². The number of nitrogens with two attached hydrogens (primary N) is 1. The Labute approximate surface area is 134 Å². The molecule has 0 saturated carbocycles. The molecule has 2 N–H and O–H groups in total. The number of allylic oxidation sites excluding steroid dienone is 2. The molecule has 3 heteroatoms. The molecule has 0 heterocycles. The van der Waals surface area contributed by atoms with Gasteiger partial charge in [-0.15, -0.1) is 0 Å². The Kier molecular flexibility index (Phi) is 8.53. The Morgan fingerprint density at radius 2 is 1.91 bits per heavy atom. The van der Waals surface area contributed by atoms with Crippen LogP contribution in [0.3, 0.4) is 0 Å². The summed E-state index contributed by atoms with van der Waals surface area (Å²) in [7, 11) is 0. The number of hydrogen-bond donors (Lipinski definition) is 1. The third-order valence-corrected chi connectivity index (χ3v) is 3.67. The number of benzene rings is 1. The highest BCUT2D eigenvalue weighted by atomic mass is 16.5. The Bertz CT molecular complexity index is 464. The molecule has 0 spiro atoms. The zero-order valence-corrected chi connectivity index (χ0v) is 14.0. The van der Waals surface area contributed by atoms with Crippen LogP contribution in [0.4, 0.5) is 0 Å². The lowest BCUT2D eigenvalue weighted by Gasteiger charge is -2.14. The van der Waals surface area contributed by atoms with Crippen molar-refractivity contribution in [3.8, 4) is 0 Å². The van der Waals surface area contributed by atoms with E-state index in [9.17, 15) is 4.79 Å². The van der Waals surface area contributed by atoms with Crippen LogP contribution in [0.15, 0.2) is 42.0 Å². The summed E-state index contributed by atoms with van der Waals surface area (Å²) in [6.07, 6.45) is 5.87. The fraction of sp³-hybridized carbons (Fsp3) is 0.526. The van der Waals surface area contributed by atoms with Crippen molar-refractivity contribution >= 4 is 5.97 Å². The Hall–Kier alpha value is -1.61. The van der Waals surface area contributed by atoms with Gasteiger partial charge in [-0.3, -0.25) is 4.79 Å². The number of hydrogen-bond acceptors (Lipinski definition) is 3. The van der Waals surface area contributed by atoms with Gasteiger partial charge < -0.3 is 10.5 Å². The lowest BCUT2D eigenvalue weighted by molar-refractivity contribution is -0.145. The summed E-state index contributed by atoms with van der Waals surface area (Å²) in [5, 5.41) is 0. The molecular formula is C19H29NO2. The molecule has 1 aromatic rings.